The normalized spacial score (nSPS) is 32.2. The van der Waals surface area contributed by atoms with Crippen LogP contribution in [0.5, 0.6) is 0 Å². The second-order valence-corrected chi connectivity index (χ2v) is 9.89. The number of carbonyl (C=O) groups is 1. The van der Waals surface area contributed by atoms with Crippen LogP contribution in [0.2, 0.25) is 0 Å². The molecule has 1 unspecified atom stereocenters. The van der Waals surface area contributed by atoms with Crippen molar-refractivity contribution in [3.63, 3.8) is 0 Å². The van der Waals surface area contributed by atoms with Crippen molar-refractivity contribution in [2.75, 3.05) is 7.11 Å². The lowest BCUT2D eigenvalue weighted by atomic mass is 9.56. The van der Waals surface area contributed by atoms with E-state index >= 15 is 0 Å². The van der Waals surface area contributed by atoms with E-state index in [4.69, 9.17) is 15.5 Å². The van der Waals surface area contributed by atoms with Gasteiger partial charge in [-0.25, -0.2) is 19.4 Å². The van der Waals surface area contributed by atoms with Gasteiger partial charge in [-0.2, -0.15) is 5.26 Å². The highest BCUT2D eigenvalue weighted by atomic mass is 19.1. The van der Waals surface area contributed by atoms with Gasteiger partial charge in [-0.1, -0.05) is 19.9 Å². The second-order valence-electron chi connectivity index (χ2n) is 9.89. The zero-order chi connectivity index (χ0) is 24.3. The molecule has 0 saturated heterocycles. The van der Waals surface area contributed by atoms with Crippen LogP contribution < -0.4 is 5.73 Å². The Morgan fingerprint density at radius 1 is 1.26 bits per heavy atom. The molecule has 34 heavy (non-hydrogen) atoms. The lowest BCUT2D eigenvalue weighted by Gasteiger charge is -2.50. The molecule has 1 fully saturated rings. The average Bonchev–Trinajstić information content (AvgIpc) is 3.21. The number of amides is 1. The molecule has 1 saturated carbocycles. The molecule has 2 spiro atoms. The van der Waals surface area contributed by atoms with E-state index in [1.807, 2.05) is 6.07 Å². The number of methoxy groups -OCH3 is 1. The predicted octanol–water partition coefficient (Wildman–Crippen LogP) is 2.66. The van der Waals surface area contributed by atoms with Gasteiger partial charge in [0, 0.05) is 12.5 Å². The first-order valence-corrected chi connectivity index (χ1v) is 11.4. The summed E-state index contributed by atoms with van der Waals surface area (Å²) in [5.74, 6) is -0.0418. The number of guanidine groups is 1. The van der Waals surface area contributed by atoms with Crippen LogP contribution in [0.4, 0.5) is 4.39 Å². The van der Waals surface area contributed by atoms with E-state index in [1.54, 1.807) is 19.2 Å². The number of nitrogens with zero attached hydrogens (tertiary/aromatic N) is 5. The van der Waals surface area contributed by atoms with E-state index in [2.05, 4.69) is 29.9 Å². The molecule has 2 N–H and O–H groups in total. The standard InChI is InChI=1S/C25H27FN6O2/c1-14-7-24(8-15(2)21(14)34-3)9-17-5-4-16(10-27)6-19(17)25(24)22(33)32(23(28)31-25)13-20-29-11-18(26)12-30-20/h4-6,11-12,14-15,21H,7-9,13H2,1-3H3,(H2,28,31)/t14-,15+,21+,24+,25?. The third kappa shape index (κ3) is 3.05. The highest BCUT2D eigenvalue weighted by Crippen LogP contribution is 2.63. The van der Waals surface area contributed by atoms with Gasteiger partial charge in [-0.05, 0) is 54.4 Å². The van der Waals surface area contributed by atoms with Crippen LogP contribution in [0.3, 0.4) is 0 Å². The highest BCUT2D eigenvalue weighted by molar-refractivity contribution is 6.08. The van der Waals surface area contributed by atoms with Crippen molar-refractivity contribution >= 4 is 11.9 Å². The molecule has 8 nitrogen and oxygen atoms in total. The van der Waals surface area contributed by atoms with Crippen molar-refractivity contribution in [2.45, 2.75) is 51.3 Å². The fraction of sp³-hybridized carbons (Fsp3) is 0.480. The number of ether oxygens (including phenoxy) is 1. The average molecular weight is 463 g/mol. The Morgan fingerprint density at radius 3 is 2.56 bits per heavy atom. The van der Waals surface area contributed by atoms with Gasteiger partial charge in [0.1, 0.15) is 5.82 Å². The number of nitrogens with two attached hydrogens (primary N) is 1. The molecule has 2 aromatic rings. The summed E-state index contributed by atoms with van der Waals surface area (Å²) in [6.45, 7) is 4.30. The molecule has 0 radical (unpaired) electrons. The maximum atomic E-state index is 14.3. The Morgan fingerprint density at radius 2 is 1.94 bits per heavy atom. The zero-order valence-corrected chi connectivity index (χ0v) is 19.5. The molecule has 5 atom stereocenters. The molecule has 176 valence electrons. The summed E-state index contributed by atoms with van der Waals surface area (Å²) in [6.07, 6.45) is 4.34. The predicted molar refractivity (Wildman–Crippen MR) is 121 cm³/mol. The minimum Gasteiger partial charge on any atom is -0.381 e. The van der Waals surface area contributed by atoms with Crippen molar-refractivity contribution in [1.82, 2.24) is 14.9 Å². The summed E-state index contributed by atoms with van der Waals surface area (Å²) >= 11 is 0. The first-order valence-electron chi connectivity index (χ1n) is 11.4. The molecule has 9 heteroatoms. The van der Waals surface area contributed by atoms with E-state index in [1.165, 1.54) is 4.90 Å². The first-order chi connectivity index (χ1) is 16.2. The smallest absolute Gasteiger partial charge is 0.262 e. The molecule has 1 amide bonds. The molecule has 5 rings (SSSR count). The van der Waals surface area contributed by atoms with Crippen LogP contribution in [0.25, 0.3) is 0 Å². The number of benzene rings is 1. The van der Waals surface area contributed by atoms with Gasteiger partial charge in [-0.3, -0.25) is 9.69 Å². The summed E-state index contributed by atoms with van der Waals surface area (Å²) in [7, 11) is 1.73. The number of fused-ring (bicyclic) bond motifs is 3. The summed E-state index contributed by atoms with van der Waals surface area (Å²) in [5.41, 5.74) is 6.88. The lowest BCUT2D eigenvalue weighted by molar-refractivity contribution is -0.142. The number of carbonyl (C=O) groups excluding carboxylic acids is 1. The van der Waals surface area contributed by atoms with Gasteiger partial charge in [0.2, 0.25) is 0 Å². The van der Waals surface area contributed by atoms with Crippen molar-refractivity contribution in [3.05, 3.63) is 58.9 Å². The fourth-order valence-electron chi connectivity index (χ4n) is 6.74. The minimum atomic E-state index is -1.24. The number of hydrogen-bond acceptors (Lipinski definition) is 7. The molecule has 1 aromatic heterocycles. The Bertz CT molecular complexity index is 1210. The van der Waals surface area contributed by atoms with Gasteiger partial charge in [0.15, 0.2) is 17.3 Å². The molecule has 0 bridgehead atoms. The van der Waals surface area contributed by atoms with Crippen LogP contribution in [-0.2, 0) is 28.0 Å². The van der Waals surface area contributed by atoms with Crippen LogP contribution in [0.15, 0.2) is 35.6 Å². The van der Waals surface area contributed by atoms with Crippen molar-refractivity contribution < 1.29 is 13.9 Å². The molecule has 2 aliphatic carbocycles. The maximum Gasteiger partial charge on any atom is 0.262 e. The van der Waals surface area contributed by atoms with Crippen molar-refractivity contribution in [3.8, 4) is 6.07 Å². The van der Waals surface area contributed by atoms with Gasteiger partial charge >= 0.3 is 0 Å². The van der Waals surface area contributed by atoms with Crippen LogP contribution in [-0.4, -0.2) is 39.9 Å². The van der Waals surface area contributed by atoms with Gasteiger partial charge < -0.3 is 10.5 Å². The third-order valence-corrected chi connectivity index (χ3v) is 7.83. The van der Waals surface area contributed by atoms with Gasteiger partial charge in [-0.15, -0.1) is 0 Å². The Balaban J connectivity index is 1.64. The molecule has 2 heterocycles. The third-order valence-electron chi connectivity index (χ3n) is 7.83. The van der Waals surface area contributed by atoms with E-state index in [0.717, 1.165) is 36.4 Å². The van der Waals surface area contributed by atoms with E-state index < -0.39 is 16.8 Å². The summed E-state index contributed by atoms with van der Waals surface area (Å²) < 4.78 is 19.1. The van der Waals surface area contributed by atoms with Crippen LogP contribution in [0, 0.1) is 34.4 Å². The lowest BCUT2D eigenvalue weighted by Crippen LogP contribution is -2.55. The highest BCUT2D eigenvalue weighted by Gasteiger charge is 2.68. The van der Waals surface area contributed by atoms with Crippen LogP contribution in [0.1, 0.15) is 49.2 Å². The minimum absolute atomic E-state index is 0.00858. The molecule has 1 aromatic carbocycles. The summed E-state index contributed by atoms with van der Waals surface area (Å²) in [4.78, 5) is 28.6. The Kier molecular flexibility index (Phi) is 5.17. The monoisotopic (exact) mass is 462 g/mol. The Labute approximate surface area is 197 Å². The molecular weight excluding hydrogens is 435 g/mol. The zero-order valence-electron chi connectivity index (χ0n) is 19.5. The molecular formula is C25H27FN6O2. The second kappa shape index (κ2) is 7.84. The molecule has 3 aliphatic rings. The summed E-state index contributed by atoms with van der Waals surface area (Å²) in [6, 6.07) is 7.70. The number of aromatic nitrogens is 2. The molecule has 1 aliphatic heterocycles. The number of halogens is 1. The number of aliphatic imine (C=N–C) groups is 1. The number of nitriles is 1. The fourth-order valence-corrected chi connectivity index (χ4v) is 6.74. The van der Waals surface area contributed by atoms with Crippen LogP contribution >= 0.6 is 0 Å². The number of rotatable bonds is 3. The van der Waals surface area contributed by atoms with E-state index in [0.29, 0.717) is 12.0 Å². The SMILES string of the molecule is CO[C@H]1[C@H](C)C[C@@]2(Cc3ccc(C#N)cc3C23N=C(N)N(Cc2ncc(F)cn2)C3=O)C[C@@H]1C. The van der Waals surface area contributed by atoms with Crippen molar-refractivity contribution in [2.24, 2.45) is 28.0 Å². The first kappa shape index (κ1) is 22.4. The Hall–Kier alpha value is -3.38. The van der Waals surface area contributed by atoms with Gasteiger partial charge in [0.25, 0.3) is 5.91 Å². The summed E-state index contributed by atoms with van der Waals surface area (Å²) in [5, 5.41) is 9.57. The van der Waals surface area contributed by atoms with E-state index in [9.17, 15) is 14.4 Å². The topological polar surface area (TPSA) is 117 Å². The quantitative estimate of drug-likeness (QED) is 0.749. The maximum absolute atomic E-state index is 14.3. The number of hydrogen-bond donors (Lipinski definition) is 1. The van der Waals surface area contributed by atoms with E-state index in [-0.39, 0.29) is 42.2 Å². The van der Waals surface area contributed by atoms with Gasteiger partial charge in [0.05, 0.1) is 36.7 Å². The largest absolute Gasteiger partial charge is 0.381 e. The van der Waals surface area contributed by atoms with Crippen molar-refractivity contribution in [1.29, 1.82) is 5.26 Å².